The standard InChI is InChI=1S/C19H17ClN2OS2/c1-12-17(25-19(22-12)13-7-3-5-9-15(13)20)11-21-18(23)14-8-4-6-10-16(14)24-2/h3-10H,11H2,1-2H3,(H,21,23). The smallest absolute Gasteiger partial charge is 0.252 e. The van der Waals surface area contributed by atoms with Crippen molar-refractivity contribution in [2.75, 3.05) is 6.26 Å². The van der Waals surface area contributed by atoms with Crippen LogP contribution in [0.25, 0.3) is 10.6 Å². The number of thioether (sulfide) groups is 1. The van der Waals surface area contributed by atoms with Gasteiger partial charge in [0.15, 0.2) is 0 Å². The fraction of sp³-hybridized carbons (Fsp3) is 0.158. The van der Waals surface area contributed by atoms with E-state index in [9.17, 15) is 4.79 Å². The SMILES string of the molecule is CSc1ccccc1C(=O)NCc1sc(-c2ccccc2Cl)nc1C. The van der Waals surface area contributed by atoms with Crippen LogP contribution < -0.4 is 5.32 Å². The molecular weight excluding hydrogens is 372 g/mol. The normalized spacial score (nSPS) is 10.7. The van der Waals surface area contributed by atoms with E-state index >= 15 is 0 Å². The van der Waals surface area contributed by atoms with Gasteiger partial charge in [0.2, 0.25) is 0 Å². The Morgan fingerprint density at radius 2 is 1.92 bits per heavy atom. The molecule has 128 valence electrons. The van der Waals surface area contributed by atoms with Gasteiger partial charge in [-0.3, -0.25) is 4.79 Å². The third-order valence-electron chi connectivity index (χ3n) is 3.76. The number of benzene rings is 2. The summed E-state index contributed by atoms with van der Waals surface area (Å²) < 4.78 is 0. The van der Waals surface area contributed by atoms with Crippen LogP contribution in [0, 0.1) is 6.92 Å². The van der Waals surface area contributed by atoms with Gasteiger partial charge in [-0.2, -0.15) is 0 Å². The predicted octanol–water partition coefficient (Wildman–Crippen LogP) is 5.42. The van der Waals surface area contributed by atoms with Gasteiger partial charge in [0, 0.05) is 15.3 Å². The van der Waals surface area contributed by atoms with Crippen LogP contribution in [0.15, 0.2) is 53.4 Å². The van der Waals surface area contributed by atoms with Crippen LogP contribution in [0.1, 0.15) is 20.9 Å². The molecule has 3 rings (SSSR count). The molecule has 0 unspecified atom stereocenters. The highest BCUT2D eigenvalue weighted by Gasteiger charge is 2.14. The van der Waals surface area contributed by atoms with Crippen LogP contribution in [0.5, 0.6) is 0 Å². The first-order chi connectivity index (χ1) is 12.1. The Bertz CT molecular complexity index is 908. The van der Waals surface area contributed by atoms with Gasteiger partial charge in [0.05, 0.1) is 22.8 Å². The number of rotatable bonds is 5. The quantitative estimate of drug-likeness (QED) is 0.593. The molecule has 6 heteroatoms. The first-order valence-electron chi connectivity index (χ1n) is 7.72. The van der Waals surface area contributed by atoms with Gasteiger partial charge >= 0.3 is 0 Å². The number of carbonyl (C=O) groups excluding carboxylic acids is 1. The van der Waals surface area contributed by atoms with Crippen LogP contribution in [0.2, 0.25) is 5.02 Å². The molecule has 1 heterocycles. The van der Waals surface area contributed by atoms with E-state index in [1.54, 1.807) is 23.1 Å². The summed E-state index contributed by atoms with van der Waals surface area (Å²) in [6, 6.07) is 15.3. The van der Waals surface area contributed by atoms with E-state index in [2.05, 4.69) is 10.3 Å². The minimum Gasteiger partial charge on any atom is -0.347 e. The lowest BCUT2D eigenvalue weighted by Crippen LogP contribution is -2.23. The second-order valence-corrected chi connectivity index (χ2v) is 7.73. The lowest BCUT2D eigenvalue weighted by atomic mass is 10.2. The Hall–Kier alpha value is -1.82. The zero-order chi connectivity index (χ0) is 17.8. The van der Waals surface area contributed by atoms with E-state index in [1.807, 2.05) is 61.7 Å². The Morgan fingerprint density at radius 1 is 1.20 bits per heavy atom. The number of thiazole rings is 1. The summed E-state index contributed by atoms with van der Waals surface area (Å²) in [6.45, 7) is 2.41. The second kappa shape index (κ2) is 8.04. The molecule has 0 fully saturated rings. The summed E-state index contributed by atoms with van der Waals surface area (Å²) >= 11 is 9.38. The maximum absolute atomic E-state index is 12.5. The number of halogens is 1. The summed E-state index contributed by atoms with van der Waals surface area (Å²) in [5, 5.41) is 4.55. The van der Waals surface area contributed by atoms with Crippen molar-refractivity contribution >= 4 is 40.6 Å². The Kier molecular flexibility index (Phi) is 5.78. The van der Waals surface area contributed by atoms with Crippen molar-refractivity contribution in [1.29, 1.82) is 0 Å². The highest BCUT2D eigenvalue weighted by Crippen LogP contribution is 2.32. The number of amides is 1. The average molecular weight is 389 g/mol. The Balaban J connectivity index is 1.76. The molecule has 0 aliphatic rings. The van der Waals surface area contributed by atoms with Gasteiger partial charge in [-0.25, -0.2) is 4.98 Å². The van der Waals surface area contributed by atoms with Crippen LogP contribution in [-0.2, 0) is 6.54 Å². The third-order valence-corrected chi connectivity index (χ3v) is 6.07. The maximum atomic E-state index is 12.5. The summed E-state index contributed by atoms with van der Waals surface area (Å²) in [4.78, 5) is 19.1. The predicted molar refractivity (Wildman–Crippen MR) is 107 cm³/mol. The second-order valence-electron chi connectivity index (χ2n) is 5.39. The van der Waals surface area contributed by atoms with Gasteiger partial charge < -0.3 is 5.32 Å². The lowest BCUT2D eigenvalue weighted by Gasteiger charge is -2.07. The summed E-state index contributed by atoms with van der Waals surface area (Å²) in [6.07, 6.45) is 1.97. The van der Waals surface area contributed by atoms with E-state index in [-0.39, 0.29) is 5.91 Å². The Morgan fingerprint density at radius 3 is 2.68 bits per heavy atom. The van der Waals surface area contributed by atoms with Crippen molar-refractivity contribution in [2.45, 2.75) is 18.4 Å². The van der Waals surface area contributed by atoms with Gasteiger partial charge in [-0.1, -0.05) is 41.9 Å². The third kappa shape index (κ3) is 4.06. The molecule has 3 aromatic rings. The first kappa shape index (κ1) is 18.0. The zero-order valence-corrected chi connectivity index (χ0v) is 16.3. The molecular formula is C19H17ClN2OS2. The number of nitrogens with zero attached hydrogens (tertiary/aromatic N) is 1. The van der Waals surface area contributed by atoms with Crippen molar-refractivity contribution in [3.63, 3.8) is 0 Å². The highest BCUT2D eigenvalue weighted by molar-refractivity contribution is 7.98. The van der Waals surface area contributed by atoms with Crippen LogP contribution in [-0.4, -0.2) is 17.1 Å². The van der Waals surface area contributed by atoms with Crippen LogP contribution >= 0.6 is 34.7 Å². The molecule has 1 amide bonds. The van der Waals surface area contributed by atoms with Crippen LogP contribution in [0.4, 0.5) is 0 Å². The van der Waals surface area contributed by atoms with E-state index in [1.165, 1.54) is 0 Å². The summed E-state index contributed by atoms with van der Waals surface area (Å²) in [5.41, 5.74) is 2.53. The molecule has 0 aliphatic heterocycles. The van der Waals surface area contributed by atoms with Gasteiger partial charge in [0.25, 0.3) is 5.91 Å². The molecule has 0 atom stereocenters. The van der Waals surface area contributed by atoms with Gasteiger partial charge in [0.1, 0.15) is 5.01 Å². The molecule has 0 saturated carbocycles. The average Bonchev–Trinajstić information content (AvgIpc) is 3.00. The first-order valence-corrected chi connectivity index (χ1v) is 10.1. The largest absolute Gasteiger partial charge is 0.347 e. The summed E-state index contributed by atoms with van der Waals surface area (Å²) in [7, 11) is 0. The lowest BCUT2D eigenvalue weighted by molar-refractivity contribution is 0.0948. The molecule has 1 aromatic heterocycles. The van der Waals surface area contributed by atoms with Crippen molar-refractivity contribution in [1.82, 2.24) is 10.3 Å². The van der Waals surface area contributed by atoms with Crippen molar-refractivity contribution in [3.8, 4) is 10.6 Å². The molecule has 0 bridgehead atoms. The van der Waals surface area contributed by atoms with Gasteiger partial charge in [-0.05, 0) is 31.4 Å². The topological polar surface area (TPSA) is 42.0 Å². The molecule has 3 nitrogen and oxygen atoms in total. The number of nitrogens with one attached hydrogen (secondary N) is 1. The minimum atomic E-state index is -0.0722. The number of carbonyl (C=O) groups is 1. The van der Waals surface area contributed by atoms with E-state index in [0.29, 0.717) is 17.1 Å². The number of hydrogen-bond donors (Lipinski definition) is 1. The molecule has 0 saturated heterocycles. The van der Waals surface area contributed by atoms with Crippen LogP contribution in [0.3, 0.4) is 0 Å². The van der Waals surface area contributed by atoms with Gasteiger partial charge in [-0.15, -0.1) is 23.1 Å². The fourth-order valence-electron chi connectivity index (χ4n) is 2.43. The van der Waals surface area contributed by atoms with E-state index in [4.69, 9.17) is 11.6 Å². The Labute approximate surface area is 160 Å². The monoisotopic (exact) mass is 388 g/mol. The van der Waals surface area contributed by atoms with Crippen molar-refractivity contribution in [2.24, 2.45) is 0 Å². The van der Waals surface area contributed by atoms with Crippen molar-refractivity contribution in [3.05, 3.63) is 69.7 Å². The van der Waals surface area contributed by atoms with Crippen molar-refractivity contribution < 1.29 is 4.79 Å². The van der Waals surface area contributed by atoms with E-state index < -0.39 is 0 Å². The molecule has 2 aromatic carbocycles. The fourth-order valence-corrected chi connectivity index (χ4v) is 4.35. The number of aryl methyl sites for hydroxylation is 1. The number of hydrogen-bond acceptors (Lipinski definition) is 4. The van der Waals surface area contributed by atoms with E-state index in [0.717, 1.165) is 26.0 Å². The molecule has 0 radical (unpaired) electrons. The maximum Gasteiger partial charge on any atom is 0.252 e. The molecule has 0 spiro atoms. The number of aromatic nitrogens is 1. The molecule has 25 heavy (non-hydrogen) atoms. The molecule has 0 aliphatic carbocycles. The minimum absolute atomic E-state index is 0.0722. The summed E-state index contributed by atoms with van der Waals surface area (Å²) in [5.74, 6) is -0.0722. The zero-order valence-electron chi connectivity index (χ0n) is 13.9. The highest BCUT2D eigenvalue weighted by atomic mass is 35.5. The molecule has 1 N–H and O–H groups in total.